The van der Waals surface area contributed by atoms with Gasteiger partial charge in [-0.05, 0) is 22.6 Å². The molecule has 0 unspecified atom stereocenters. The maximum absolute atomic E-state index is 12.6. The summed E-state index contributed by atoms with van der Waals surface area (Å²) in [6, 6.07) is 2.95. The van der Waals surface area contributed by atoms with E-state index >= 15 is 0 Å². The minimum absolute atomic E-state index is 0.0322. The zero-order valence-corrected chi connectivity index (χ0v) is 15.6. The maximum Gasteiger partial charge on any atom is 0.259 e. The van der Waals surface area contributed by atoms with Crippen molar-refractivity contribution in [3.8, 4) is 0 Å². The molecule has 1 amide bonds. The molecule has 0 saturated heterocycles. The Morgan fingerprint density at radius 2 is 2.00 bits per heavy atom. The normalized spacial score (nSPS) is 11.4. The van der Waals surface area contributed by atoms with Crippen LogP contribution in [0.4, 0.5) is 11.6 Å². The van der Waals surface area contributed by atoms with Crippen LogP contribution < -0.4 is 5.32 Å². The molecular formula is C13H16Cl2N6O2S. The first-order valence-corrected chi connectivity index (χ1v) is 9.66. The minimum Gasteiger partial charge on any atom is -0.289 e. The summed E-state index contributed by atoms with van der Waals surface area (Å²) < 4.78 is 18.1. The monoisotopic (exact) mass is 390 g/mol. The van der Waals surface area contributed by atoms with Gasteiger partial charge in [-0.25, -0.2) is 8.89 Å². The van der Waals surface area contributed by atoms with Crippen LogP contribution in [-0.4, -0.2) is 41.8 Å². The van der Waals surface area contributed by atoms with E-state index in [0.717, 1.165) is 0 Å². The lowest BCUT2D eigenvalue weighted by atomic mass is 10.2. The number of hydrogen-bond acceptors (Lipinski definition) is 6. The molecule has 1 N–H and O–H groups in total. The molecule has 0 aliphatic heterocycles. The summed E-state index contributed by atoms with van der Waals surface area (Å²) in [6.45, 7) is 3.55. The molecule has 0 atom stereocenters. The summed E-state index contributed by atoms with van der Waals surface area (Å²) in [6.07, 6.45) is 0. The Morgan fingerprint density at radius 1 is 1.33 bits per heavy atom. The number of halogens is 2. The van der Waals surface area contributed by atoms with Gasteiger partial charge >= 0.3 is 0 Å². The number of aryl methyl sites for hydroxylation is 1. The number of rotatable bonds is 5. The number of carbonyl (C=O) groups is 1. The van der Waals surface area contributed by atoms with Gasteiger partial charge in [0.1, 0.15) is 5.69 Å². The Morgan fingerprint density at radius 3 is 2.54 bits per heavy atom. The van der Waals surface area contributed by atoms with Gasteiger partial charge in [0.2, 0.25) is 5.95 Å². The number of nitrogens with one attached hydrogen (secondary N) is 1. The van der Waals surface area contributed by atoms with Gasteiger partial charge < -0.3 is 0 Å². The van der Waals surface area contributed by atoms with Crippen LogP contribution in [-0.2, 0) is 16.8 Å². The number of tetrazole rings is 1. The molecule has 0 spiro atoms. The third kappa shape index (κ3) is 3.85. The van der Waals surface area contributed by atoms with Crippen LogP contribution in [0.3, 0.4) is 0 Å². The Hall–Kier alpha value is -1.71. The highest BCUT2D eigenvalue weighted by molar-refractivity contribution is 7.93. The summed E-state index contributed by atoms with van der Waals surface area (Å²) in [4.78, 5) is 12.4. The second-order valence-electron chi connectivity index (χ2n) is 4.78. The van der Waals surface area contributed by atoms with Crippen LogP contribution in [0.2, 0.25) is 10.0 Å². The smallest absolute Gasteiger partial charge is 0.259 e. The van der Waals surface area contributed by atoms with E-state index in [-0.39, 0.29) is 27.2 Å². The van der Waals surface area contributed by atoms with Crippen molar-refractivity contribution in [3.05, 3.63) is 27.7 Å². The summed E-state index contributed by atoms with van der Waals surface area (Å²) in [5.74, 6) is 0.356. The quantitative estimate of drug-likeness (QED) is 0.844. The molecule has 1 aromatic heterocycles. The molecule has 2 aromatic rings. The first-order chi connectivity index (χ1) is 11.3. The number of hydrogen-bond donors (Lipinski definition) is 1. The van der Waals surface area contributed by atoms with E-state index in [1.165, 1.54) is 16.8 Å². The Balaban J connectivity index is 2.47. The lowest BCUT2D eigenvalue weighted by Crippen LogP contribution is -2.16. The van der Waals surface area contributed by atoms with Crippen LogP contribution in [0.25, 0.3) is 0 Å². The number of anilines is 1. The topological polar surface area (TPSA) is 102 Å². The van der Waals surface area contributed by atoms with Gasteiger partial charge in [-0.15, -0.1) is 0 Å². The highest BCUT2D eigenvalue weighted by atomic mass is 35.5. The largest absolute Gasteiger partial charge is 0.289 e. The minimum atomic E-state index is -2.47. The van der Waals surface area contributed by atoms with Gasteiger partial charge in [-0.2, -0.15) is 4.36 Å². The lowest BCUT2D eigenvalue weighted by molar-refractivity contribution is 0.102. The molecule has 0 aliphatic carbocycles. The van der Waals surface area contributed by atoms with E-state index in [1.807, 2.05) is 0 Å². The van der Waals surface area contributed by atoms with Crippen molar-refractivity contribution in [3.63, 3.8) is 0 Å². The fourth-order valence-electron chi connectivity index (χ4n) is 1.80. The average Bonchev–Trinajstić information content (AvgIpc) is 2.96. The van der Waals surface area contributed by atoms with Crippen LogP contribution in [0.1, 0.15) is 24.2 Å². The average molecular weight is 391 g/mol. The van der Waals surface area contributed by atoms with Gasteiger partial charge in [0.05, 0.1) is 25.3 Å². The molecule has 1 aromatic carbocycles. The molecular weight excluding hydrogens is 375 g/mol. The second-order valence-corrected chi connectivity index (χ2v) is 8.45. The Kier molecular flexibility index (Phi) is 5.79. The van der Waals surface area contributed by atoms with Crippen molar-refractivity contribution >= 4 is 50.5 Å². The van der Waals surface area contributed by atoms with Gasteiger partial charge in [-0.3, -0.25) is 10.1 Å². The standard InChI is InChI=1S/C13H16Cl2N6O2S/c1-4-24(23,5-2)18-11-9(14)7-6-8(10(11)15)12(22)16-13-17-19-20-21(13)3/h6-7H,4-5H2,1-3H3,(H,16,17,20,22). The predicted molar refractivity (Wildman–Crippen MR) is 94.5 cm³/mol. The number of amides is 1. The van der Waals surface area contributed by atoms with Crippen LogP contribution in [0.5, 0.6) is 0 Å². The molecule has 0 aliphatic rings. The summed E-state index contributed by atoms with van der Waals surface area (Å²) in [7, 11) is -0.893. The molecule has 0 saturated carbocycles. The number of aromatic nitrogens is 4. The third-order valence-corrected chi connectivity index (χ3v) is 6.32. The highest BCUT2D eigenvalue weighted by Crippen LogP contribution is 2.37. The molecule has 24 heavy (non-hydrogen) atoms. The molecule has 2 rings (SSSR count). The second kappa shape index (κ2) is 7.45. The highest BCUT2D eigenvalue weighted by Gasteiger charge is 2.19. The SMILES string of the molecule is CCS(=O)(CC)=Nc1c(Cl)ccc(C(=O)Nc2nnnn2C)c1Cl. The van der Waals surface area contributed by atoms with Crippen molar-refractivity contribution < 1.29 is 9.00 Å². The van der Waals surface area contributed by atoms with Crippen molar-refractivity contribution in [1.82, 2.24) is 20.2 Å². The predicted octanol–water partition coefficient (Wildman–Crippen LogP) is 2.91. The van der Waals surface area contributed by atoms with Crippen molar-refractivity contribution in [2.75, 3.05) is 16.8 Å². The first-order valence-electron chi connectivity index (χ1n) is 7.05. The van der Waals surface area contributed by atoms with Crippen molar-refractivity contribution in [1.29, 1.82) is 0 Å². The molecule has 11 heteroatoms. The van der Waals surface area contributed by atoms with Crippen molar-refractivity contribution in [2.24, 2.45) is 11.4 Å². The number of carbonyl (C=O) groups excluding carboxylic acids is 1. The molecule has 130 valence electrons. The molecule has 0 radical (unpaired) electrons. The van der Waals surface area contributed by atoms with E-state index in [4.69, 9.17) is 23.2 Å². The Bertz CT molecular complexity index is 879. The summed E-state index contributed by atoms with van der Waals surface area (Å²) >= 11 is 12.4. The molecule has 8 nitrogen and oxygen atoms in total. The first kappa shape index (κ1) is 18.6. The zero-order chi connectivity index (χ0) is 17.9. The van der Waals surface area contributed by atoms with E-state index < -0.39 is 15.6 Å². The van der Waals surface area contributed by atoms with Gasteiger partial charge in [0.25, 0.3) is 5.91 Å². The number of benzene rings is 1. The number of nitrogens with zero attached hydrogens (tertiary/aromatic N) is 5. The van der Waals surface area contributed by atoms with Gasteiger partial charge in [0.15, 0.2) is 0 Å². The van der Waals surface area contributed by atoms with Gasteiger partial charge in [-0.1, -0.05) is 42.1 Å². The fourth-order valence-corrected chi connectivity index (χ4v) is 3.63. The van der Waals surface area contributed by atoms with Crippen LogP contribution in [0.15, 0.2) is 16.5 Å². The van der Waals surface area contributed by atoms with E-state index in [0.29, 0.717) is 11.5 Å². The zero-order valence-electron chi connectivity index (χ0n) is 13.3. The Labute approximate surface area is 149 Å². The molecule has 0 bridgehead atoms. The van der Waals surface area contributed by atoms with E-state index in [9.17, 15) is 9.00 Å². The maximum atomic E-state index is 12.6. The third-order valence-electron chi connectivity index (χ3n) is 3.32. The lowest BCUT2D eigenvalue weighted by Gasteiger charge is -2.10. The van der Waals surface area contributed by atoms with Crippen LogP contribution >= 0.6 is 23.2 Å². The summed E-state index contributed by atoms with van der Waals surface area (Å²) in [5, 5.41) is 13.5. The molecule has 1 heterocycles. The fraction of sp³-hybridized carbons (Fsp3) is 0.385. The molecule has 0 fully saturated rings. The van der Waals surface area contributed by atoms with Gasteiger partial charge in [0, 0.05) is 18.6 Å². The van der Waals surface area contributed by atoms with Crippen LogP contribution in [0, 0.1) is 0 Å². The van der Waals surface area contributed by atoms with E-state index in [2.05, 4.69) is 25.2 Å². The van der Waals surface area contributed by atoms with E-state index in [1.54, 1.807) is 20.9 Å². The van der Waals surface area contributed by atoms with Crippen molar-refractivity contribution in [2.45, 2.75) is 13.8 Å². The summed E-state index contributed by atoms with van der Waals surface area (Å²) in [5.41, 5.74) is 0.285.